The summed E-state index contributed by atoms with van der Waals surface area (Å²) in [6.07, 6.45) is 0.995. The number of nitrogens with two attached hydrogens (primary N) is 1. The van der Waals surface area contributed by atoms with Gasteiger partial charge in [0.2, 0.25) is 0 Å². The van der Waals surface area contributed by atoms with E-state index in [0.717, 1.165) is 43.2 Å². The van der Waals surface area contributed by atoms with Crippen LogP contribution >= 0.6 is 0 Å². The van der Waals surface area contributed by atoms with E-state index < -0.39 is 0 Å². The number of fused-ring (bicyclic) bond motifs is 1. The standard InChI is InChI=1S/C23H32N4O2/c1-16(2)17-6-5-7-20(12-17)26-23(24)25-9-11-27-10-8-18-13-21(28-3)22(29-4)14-19(18)15-27/h5-7,12-14,16H,8-11,15H2,1-4H3,(H3,24,25,26). The number of hydrogen-bond acceptors (Lipinski definition) is 4. The lowest BCUT2D eigenvalue weighted by molar-refractivity contribution is 0.260. The Bertz CT molecular complexity index is 864. The molecule has 0 atom stereocenters. The number of aliphatic imine (C=N–C) groups is 1. The lowest BCUT2D eigenvalue weighted by Gasteiger charge is -2.29. The third kappa shape index (κ3) is 5.41. The highest BCUT2D eigenvalue weighted by atomic mass is 16.5. The molecule has 0 unspecified atom stereocenters. The number of nitrogens with zero attached hydrogens (tertiary/aromatic N) is 2. The Morgan fingerprint density at radius 2 is 1.86 bits per heavy atom. The third-order valence-corrected chi connectivity index (χ3v) is 5.32. The van der Waals surface area contributed by atoms with Gasteiger partial charge in [0.15, 0.2) is 17.5 Å². The molecule has 0 saturated heterocycles. The zero-order valence-corrected chi connectivity index (χ0v) is 17.9. The van der Waals surface area contributed by atoms with Gasteiger partial charge in [-0.3, -0.25) is 9.89 Å². The zero-order valence-electron chi connectivity index (χ0n) is 17.9. The van der Waals surface area contributed by atoms with Crippen LogP contribution in [0.3, 0.4) is 0 Å². The number of nitrogens with one attached hydrogen (secondary N) is 1. The Morgan fingerprint density at radius 1 is 1.14 bits per heavy atom. The van der Waals surface area contributed by atoms with Crippen LogP contribution < -0.4 is 20.5 Å². The number of ether oxygens (including phenoxy) is 2. The molecule has 3 N–H and O–H groups in total. The highest BCUT2D eigenvalue weighted by Crippen LogP contribution is 2.33. The molecule has 3 rings (SSSR count). The molecule has 6 nitrogen and oxygen atoms in total. The van der Waals surface area contributed by atoms with Crippen molar-refractivity contribution in [2.75, 3.05) is 39.2 Å². The molecule has 0 amide bonds. The predicted octanol–water partition coefficient (Wildman–Crippen LogP) is 3.61. The van der Waals surface area contributed by atoms with Crippen LogP contribution in [0.4, 0.5) is 5.69 Å². The first-order chi connectivity index (χ1) is 14.0. The second-order valence-corrected chi connectivity index (χ2v) is 7.67. The van der Waals surface area contributed by atoms with E-state index in [2.05, 4.69) is 53.3 Å². The van der Waals surface area contributed by atoms with Crippen LogP contribution in [0.15, 0.2) is 41.4 Å². The maximum absolute atomic E-state index is 6.08. The minimum absolute atomic E-state index is 0.453. The van der Waals surface area contributed by atoms with Crippen molar-refractivity contribution in [1.82, 2.24) is 4.90 Å². The van der Waals surface area contributed by atoms with Crippen LogP contribution in [0.5, 0.6) is 11.5 Å². The maximum Gasteiger partial charge on any atom is 0.193 e. The Hall–Kier alpha value is -2.73. The maximum atomic E-state index is 6.08. The minimum Gasteiger partial charge on any atom is -0.493 e. The summed E-state index contributed by atoms with van der Waals surface area (Å²) in [6.45, 7) is 7.77. The number of anilines is 1. The first-order valence-corrected chi connectivity index (χ1v) is 10.1. The van der Waals surface area contributed by atoms with Crippen molar-refractivity contribution in [3.63, 3.8) is 0 Å². The molecule has 0 bridgehead atoms. The zero-order chi connectivity index (χ0) is 20.8. The largest absolute Gasteiger partial charge is 0.493 e. The summed E-state index contributed by atoms with van der Waals surface area (Å²) in [5, 5.41) is 3.20. The summed E-state index contributed by atoms with van der Waals surface area (Å²) in [4.78, 5) is 6.90. The molecule has 2 aromatic carbocycles. The molecular weight excluding hydrogens is 364 g/mol. The van der Waals surface area contributed by atoms with Crippen LogP contribution in [-0.4, -0.2) is 44.7 Å². The molecule has 29 heavy (non-hydrogen) atoms. The van der Waals surface area contributed by atoms with E-state index in [0.29, 0.717) is 18.4 Å². The monoisotopic (exact) mass is 396 g/mol. The summed E-state index contributed by atoms with van der Waals surface area (Å²) in [5.74, 6) is 2.51. The molecule has 0 saturated carbocycles. The van der Waals surface area contributed by atoms with Crippen molar-refractivity contribution >= 4 is 11.6 Å². The normalized spacial score (nSPS) is 14.6. The summed E-state index contributed by atoms with van der Waals surface area (Å²) in [5.41, 5.74) is 11.0. The van der Waals surface area contributed by atoms with Gasteiger partial charge in [-0.25, -0.2) is 0 Å². The van der Waals surface area contributed by atoms with E-state index in [1.54, 1.807) is 14.2 Å². The highest BCUT2D eigenvalue weighted by molar-refractivity contribution is 5.92. The summed E-state index contributed by atoms with van der Waals surface area (Å²) in [6, 6.07) is 12.5. The summed E-state index contributed by atoms with van der Waals surface area (Å²) in [7, 11) is 3.35. The molecule has 0 aromatic heterocycles. The van der Waals surface area contributed by atoms with E-state index >= 15 is 0 Å². The molecule has 1 aliphatic rings. The van der Waals surface area contributed by atoms with Gasteiger partial charge in [-0.2, -0.15) is 0 Å². The molecule has 0 fully saturated rings. The van der Waals surface area contributed by atoms with Gasteiger partial charge in [0.1, 0.15) is 0 Å². The molecule has 156 valence electrons. The number of methoxy groups -OCH3 is 2. The van der Waals surface area contributed by atoms with Crippen molar-refractivity contribution in [3.05, 3.63) is 53.1 Å². The minimum atomic E-state index is 0.453. The van der Waals surface area contributed by atoms with Gasteiger partial charge in [0, 0.05) is 25.3 Å². The molecule has 0 radical (unpaired) electrons. The number of hydrogen-bond donors (Lipinski definition) is 2. The molecule has 2 aromatic rings. The van der Waals surface area contributed by atoms with E-state index in [1.807, 2.05) is 12.1 Å². The van der Waals surface area contributed by atoms with Gasteiger partial charge < -0.3 is 20.5 Å². The fourth-order valence-electron chi connectivity index (χ4n) is 3.61. The average Bonchev–Trinajstić information content (AvgIpc) is 2.72. The molecular formula is C23H32N4O2. The first-order valence-electron chi connectivity index (χ1n) is 10.1. The number of rotatable bonds is 7. The second kappa shape index (κ2) is 9.65. The van der Waals surface area contributed by atoms with Crippen LogP contribution in [0.25, 0.3) is 0 Å². The lowest BCUT2D eigenvalue weighted by atomic mass is 9.99. The van der Waals surface area contributed by atoms with E-state index in [9.17, 15) is 0 Å². The van der Waals surface area contributed by atoms with Gasteiger partial charge in [-0.15, -0.1) is 0 Å². The Balaban J connectivity index is 1.55. The fourth-order valence-corrected chi connectivity index (χ4v) is 3.61. The Labute approximate surface area is 173 Å². The quantitative estimate of drug-likeness (QED) is 0.553. The molecule has 0 aliphatic carbocycles. The highest BCUT2D eigenvalue weighted by Gasteiger charge is 2.19. The second-order valence-electron chi connectivity index (χ2n) is 7.67. The Morgan fingerprint density at radius 3 is 2.55 bits per heavy atom. The lowest BCUT2D eigenvalue weighted by Crippen LogP contribution is -2.33. The van der Waals surface area contributed by atoms with Gasteiger partial charge in [-0.05, 0) is 53.3 Å². The molecule has 0 spiro atoms. The smallest absolute Gasteiger partial charge is 0.193 e. The third-order valence-electron chi connectivity index (χ3n) is 5.32. The fraction of sp³-hybridized carbons (Fsp3) is 0.435. The molecule has 1 aliphatic heterocycles. The van der Waals surface area contributed by atoms with Gasteiger partial charge in [0.05, 0.1) is 20.8 Å². The SMILES string of the molecule is COc1cc2c(cc1OC)CN(CCN=C(N)Nc1cccc(C(C)C)c1)CC2. The van der Waals surface area contributed by atoms with Crippen molar-refractivity contribution in [1.29, 1.82) is 0 Å². The van der Waals surface area contributed by atoms with Gasteiger partial charge >= 0.3 is 0 Å². The van der Waals surface area contributed by atoms with Crippen molar-refractivity contribution in [3.8, 4) is 11.5 Å². The van der Waals surface area contributed by atoms with Crippen LogP contribution in [-0.2, 0) is 13.0 Å². The predicted molar refractivity (Wildman–Crippen MR) is 119 cm³/mol. The number of guanidine groups is 1. The first kappa shape index (κ1) is 21.0. The topological polar surface area (TPSA) is 72.1 Å². The van der Waals surface area contributed by atoms with E-state index in [1.165, 1.54) is 16.7 Å². The van der Waals surface area contributed by atoms with Crippen molar-refractivity contribution in [2.24, 2.45) is 10.7 Å². The number of benzene rings is 2. The Kier molecular flexibility index (Phi) is 6.99. The van der Waals surface area contributed by atoms with E-state index in [4.69, 9.17) is 15.2 Å². The van der Waals surface area contributed by atoms with Crippen molar-refractivity contribution in [2.45, 2.75) is 32.7 Å². The summed E-state index contributed by atoms with van der Waals surface area (Å²) < 4.78 is 10.9. The summed E-state index contributed by atoms with van der Waals surface area (Å²) >= 11 is 0. The van der Waals surface area contributed by atoms with Gasteiger partial charge in [0.25, 0.3) is 0 Å². The van der Waals surface area contributed by atoms with Crippen LogP contribution in [0.1, 0.15) is 36.5 Å². The van der Waals surface area contributed by atoms with Crippen LogP contribution in [0, 0.1) is 0 Å². The molecule has 1 heterocycles. The van der Waals surface area contributed by atoms with Gasteiger partial charge in [-0.1, -0.05) is 26.0 Å². The van der Waals surface area contributed by atoms with E-state index in [-0.39, 0.29) is 0 Å². The van der Waals surface area contributed by atoms with Crippen LogP contribution in [0.2, 0.25) is 0 Å². The van der Waals surface area contributed by atoms with Crippen molar-refractivity contribution < 1.29 is 9.47 Å². The molecule has 6 heteroatoms. The average molecular weight is 397 g/mol.